The van der Waals surface area contributed by atoms with E-state index in [0.29, 0.717) is 78.2 Å². The van der Waals surface area contributed by atoms with Gasteiger partial charge in [-0.15, -0.1) is 0 Å². The number of nitrogens with one attached hydrogen (secondary N) is 1. The molecule has 16 nitrogen and oxygen atoms in total. The van der Waals surface area contributed by atoms with Crippen molar-refractivity contribution < 1.29 is 49.3 Å². The molecule has 1 aromatic carbocycles. The SMILES string of the molecule is CCC1=C2C=CN=C2CN1c1c2c(cc3c(=O)cc(C)oc13)CC(OOCC(O)C(O)(CN1C=CC3=NC=CC31)C(O)C(O)CO)C(C)(CCC1CNC(=O)C1)O2. The molecule has 57 heavy (non-hydrogen) atoms. The summed E-state index contributed by atoms with van der Waals surface area (Å²) in [6.45, 7) is 4.80. The number of anilines is 1. The number of aliphatic hydroxyl groups excluding tert-OH is 4. The third-order valence-corrected chi connectivity index (χ3v) is 12.1. The van der Waals surface area contributed by atoms with Crippen LogP contribution in [0.15, 0.2) is 79.4 Å². The number of nitrogens with zero attached hydrogens (tertiary/aromatic N) is 4. The van der Waals surface area contributed by atoms with Crippen LogP contribution in [0.25, 0.3) is 11.0 Å². The molecule has 0 radical (unpaired) electrons. The summed E-state index contributed by atoms with van der Waals surface area (Å²) >= 11 is 0. The van der Waals surface area contributed by atoms with Gasteiger partial charge in [-0.2, -0.15) is 0 Å². The van der Waals surface area contributed by atoms with Gasteiger partial charge >= 0.3 is 0 Å². The van der Waals surface area contributed by atoms with E-state index in [1.807, 2.05) is 13.0 Å². The van der Waals surface area contributed by atoms with E-state index in [-0.39, 0.29) is 36.3 Å². The number of ether oxygens (including phenoxy) is 1. The van der Waals surface area contributed by atoms with Crippen LogP contribution >= 0.6 is 0 Å². The zero-order valence-corrected chi connectivity index (χ0v) is 32.1. The molecule has 1 amide bonds. The lowest BCUT2D eigenvalue weighted by Crippen LogP contribution is -2.64. The van der Waals surface area contributed by atoms with Crippen molar-refractivity contribution in [2.24, 2.45) is 15.9 Å². The second kappa shape index (κ2) is 15.2. The maximum atomic E-state index is 13.6. The average molecular weight is 788 g/mol. The maximum absolute atomic E-state index is 13.6. The van der Waals surface area contributed by atoms with Crippen LogP contribution in [0.5, 0.6) is 5.75 Å². The highest BCUT2D eigenvalue weighted by Crippen LogP contribution is 2.50. The van der Waals surface area contributed by atoms with Crippen LogP contribution in [0.2, 0.25) is 0 Å². The molecular weight excluding hydrogens is 738 g/mol. The van der Waals surface area contributed by atoms with Crippen LogP contribution in [0.4, 0.5) is 5.69 Å². The zero-order valence-electron chi connectivity index (χ0n) is 32.1. The minimum absolute atomic E-state index is 0.0149. The normalized spacial score (nSPS) is 27.3. The van der Waals surface area contributed by atoms with Crippen LogP contribution in [-0.2, 0) is 21.0 Å². The van der Waals surface area contributed by atoms with E-state index in [1.54, 1.807) is 48.6 Å². The molecule has 6 aliphatic heterocycles. The van der Waals surface area contributed by atoms with Crippen LogP contribution in [-0.4, -0.2) is 122 Å². The number of carbonyl (C=O) groups excluding carboxylic acids is 1. The molecule has 1 aromatic heterocycles. The van der Waals surface area contributed by atoms with Crippen LogP contribution < -0.4 is 20.4 Å². The van der Waals surface area contributed by atoms with Gasteiger partial charge in [-0.1, -0.05) is 6.92 Å². The average Bonchev–Trinajstić information content (AvgIpc) is 4.03. The first-order valence-electron chi connectivity index (χ1n) is 19.5. The lowest BCUT2D eigenvalue weighted by Gasteiger charge is -2.44. The molecule has 0 spiro atoms. The number of aliphatic imine (C=N–C) groups is 2. The topological polar surface area (TPSA) is 219 Å². The second-order valence-corrected chi connectivity index (χ2v) is 15.9. The Balaban J connectivity index is 1.11. The highest BCUT2D eigenvalue weighted by Gasteiger charge is 2.50. The Morgan fingerprint density at radius 2 is 1.96 bits per heavy atom. The zero-order chi connectivity index (χ0) is 40.2. The lowest BCUT2D eigenvalue weighted by atomic mass is 9.83. The molecule has 0 saturated carbocycles. The fraction of sp³-hybridized carbons (Fsp3) is 0.512. The molecule has 7 heterocycles. The van der Waals surface area contributed by atoms with Gasteiger partial charge in [0.1, 0.15) is 53.7 Å². The Bertz CT molecular complexity index is 2190. The summed E-state index contributed by atoms with van der Waals surface area (Å²) in [7, 11) is 0. The number of allylic oxidation sites excluding steroid dienone is 2. The van der Waals surface area contributed by atoms with Crippen molar-refractivity contribution in [3.05, 3.63) is 81.8 Å². The molecule has 1 fully saturated rings. The molecule has 8 atom stereocenters. The number of benzene rings is 1. The molecule has 2 aromatic rings. The summed E-state index contributed by atoms with van der Waals surface area (Å²) in [5.74, 6) is 1.02. The van der Waals surface area contributed by atoms with Crippen molar-refractivity contribution in [2.75, 3.05) is 37.7 Å². The number of carbonyl (C=O) groups is 1. The predicted molar refractivity (Wildman–Crippen MR) is 209 cm³/mol. The Morgan fingerprint density at radius 1 is 1.14 bits per heavy atom. The van der Waals surface area contributed by atoms with Gasteiger partial charge in [0.25, 0.3) is 0 Å². The molecule has 6 aliphatic rings. The van der Waals surface area contributed by atoms with Crippen molar-refractivity contribution in [3.8, 4) is 5.75 Å². The van der Waals surface area contributed by atoms with E-state index in [4.69, 9.17) is 18.9 Å². The van der Waals surface area contributed by atoms with E-state index < -0.39 is 48.8 Å². The minimum Gasteiger partial charge on any atom is -0.482 e. The number of β-amino-alcohol motifs (C(OH)–C–C–N with tert-alkyl or cyclic N) is 1. The van der Waals surface area contributed by atoms with Crippen molar-refractivity contribution in [2.45, 2.75) is 94.5 Å². The number of hydrogen-bond acceptors (Lipinski definition) is 15. The molecular formula is C41H49N5O11. The summed E-state index contributed by atoms with van der Waals surface area (Å²) in [5, 5.41) is 57.7. The maximum Gasteiger partial charge on any atom is 0.220 e. The van der Waals surface area contributed by atoms with E-state index in [0.717, 1.165) is 17.0 Å². The van der Waals surface area contributed by atoms with Gasteiger partial charge in [-0.05, 0) is 63.3 Å². The summed E-state index contributed by atoms with van der Waals surface area (Å²) in [5.41, 5.74) is 1.61. The van der Waals surface area contributed by atoms with E-state index in [1.165, 1.54) is 6.07 Å². The van der Waals surface area contributed by atoms with Gasteiger partial charge in [-0.25, -0.2) is 9.78 Å². The monoisotopic (exact) mass is 787 g/mol. The number of aliphatic hydroxyl groups is 5. The minimum atomic E-state index is -2.40. The van der Waals surface area contributed by atoms with Crippen molar-refractivity contribution in [3.63, 3.8) is 0 Å². The van der Waals surface area contributed by atoms with Gasteiger partial charge in [0.2, 0.25) is 5.91 Å². The number of hydrogen-bond donors (Lipinski definition) is 6. The molecule has 0 bridgehead atoms. The number of aryl methyl sites for hydroxylation is 1. The van der Waals surface area contributed by atoms with E-state index in [9.17, 15) is 35.1 Å². The van der Waals surface area contributed by atoms with Gasteiger partial charge in [-0.3, -0.25) is 19.6 Å². The van der Waals surface area contributed by atoms with E-state index in [2.05, 4.69) is 27.1 Å². The molecule has 8 rings (SSSR count). The number of amides is 1. The quantitative estimate of drug-likeness (QED) is 0.111. The Morgan fingerprint density at radius 3 is 2.72 bits per heavy atom. The van der Waals surface area contributed by atoms with Crippen LogP contribution in [0.1, 0.15) is 50.9 Å². The first-order chi connectivity index (χ1) is 27.3. The van der Waals surface area contributed by atoms with E-state index >= 15 is 0 Å². The number of fused-ring (bicyclic) bond motifs is 4. The first-order valence-corrected chi connectivity index (χ1v) is 19.5. The molecule has 1 saturated heterocycles. The first kappa shape index (κ1) is 39.2. The molecule has 304 valence electrons. The standard InChI is InChI=1S/C41H49N5O11/c1-4-29-25-6-10-43-28(25)18-46(29)36-37-24(15-26-31(48)13-22(2)55-38(26)36)16-34(40(3,56-37)9-5-23-14-35(51)44-17-23)57-54-20-33(50)41(53,39(52)32(49)19-47)21-45-12-8-27-30(45)7-11-42-27/h6-8,10-13,15,23,30,32-34,39,47,49-50,52-53H,4-5,9,14,16-21H2,1-3H3,(H,44,51). The third kappa shape index (κ3) is 7.02. The third-order valence-electron chi connectivity index (χ3n) is 12.1. The molecule has 8 unspecified atom stereocenters. The predicted octanol–water partition coefficient (Wildman–Crippen LogP) is 1.45. The summed E-state index contributed by atoms with van der Waals surface area (Å²) < 4.78 is 13.4. The van der Waals surface area contributed by atoms with Crippen LogP contribution in [0, 0.1) is 12.8 Å². The largest absolute Gasteiger partial charge is 0.482 e. The van der Waals surface area contributed by atoms with Crippen molar-refractivity contribution >= 4 is 34.0 Å². The van der Waals surface area contributed by atoms with Crippen molar-refractivity contribution in [1.82, 2.24) is 10.2 Å². The summed E-state index contributed by atoms with van der Waals surface area (Å²) in [6.07, 6.45) is 6.48. The fourth-order valence-corrected chi connectivity index (χ4v) is 8.78. The summed E-state index contributed by atoms with van der Waals surface area (Å²) in [4.78, 5) is 50.1. The smallest absolute Gasteiger partial charge is 0.220 e. The lowest BCUT2D eigenvalue weighted by molar-refractivity contribution is -0.365. The summed E-state index contributed by atoms with van der Waals surface area (Å²) in [6, 6.07) is 2.86. The molecule has 6 N–H and O–H groups in total. The second-order valence-electron chi connectivity index (χ2n) is 15.9. The van der Waals surface area contributed by atoms with Gasteiger partial charge < -0.3 is 49.8 Å². The van der Waals surface area contributed by atoms with Gasteiger partial charge in [0, 0.05) is 60.9 Å². The Labute approximate surface area is 328 Å². The fourth-order valence-electron chi connectivity index (χ4n) is 8.78. The van der Waals surface area contributed by atoms with Gasteiger partial charge in [0.15, 0.2) is 16.8 Å². The number of rotatable bonds is 15. The van der Waals surface area contributed by atoms with Crippen LogP contribution in [0.3, 0.4) is 0 Å². The molecule has 16 heteroatoms. The molecule has 0 aliphatic carbocycles. The Kier molecular flexibility index (Phi) is 10.5. The highest BCUT2D eigenvalue weighted by molar-refractivity contribution is 6.13. The van der Waals surface area contributed by atoms with Gasteiger partial charge in [0.05, 0.1) is 42.5 Å². The highest BCUT2D eigenvalue weighted by atomic mass is 17.2. The Hall–Kier alpha value is -4.68. The van der Waals surface area contributed by atoms with Crippen molar-refractivity contribution in [1.29, 1.82) is 0 Å².